The summed E-state index contributed by atoms with van der Waals surface area (Å²) >= 11 is 0. The summed E-state index contributed by atoms with van der Waals surface area (Å²) in [6.45, 7) is 4.04. The van der Waals surface area contributed by atoms with Gasteiger partial charge >= 0.3 is 0 Å². The molecule has 0 spiro atoms. The summed E-state index contributed by atoms with van der Waals surface area (Å²) in [7, 11) is 0. The van der Waals surface area contributed by atoms with Crippen molar-refractivity contribution in [3.8, 4) is 11.3 Å². The minimum absolute atomic E-state index is 0.429. The van der Waals surface area contributed by atoms with Gasteiger partial charge in [-0.05, 0) is 25.5 Å². The van der Waals surface area contributed by atoms with E-state index in [0.29, 0.717) is 5.76 Å². The highest BCUT2D eigenvalue weighted by atomic mass is 16.5. The normalized spacial score (nSPS) is 11.1. The first kappa shape index (κ1) is 10.4. The molecular formula is C12H12N2O2. The van der Waals surface area contributed by atoms with E-state index in [4.69, 9.17) is 9.73 Å². The third kappa shape index (κ3) is 1.95. The third-order valence-electron chi connectivity index (χ3n) is 2.38. The van der Waals surface area contributed by atoms with Gasteiger partial charge in [-0.2, -0.15) is 0 Å². The van der Waals surface area contributed by atoms with Crippen molar-refractivity contribution in [2.75, 3.05) is 0 Å². The summed E-state index contributed by atoms with van der Waals surface area (Å²) < 4.78 is 5.00. The molecule has 0 aliphatic heterocycles. The van der Waals surface area contributed by atoms with Crippen molar-refractivity contribution in [1.82, 2.24) is 5.16 Å². The lowest BCUT2D eigenvalue weighted by Crippen LogP contribution is -1.84. The molecule has 0 saturated heterocycles. The summed E-state index contributed by atoms with van der Waals surface area (Å²) in [5, 5.41) is 15.2. The highest BCUT2D eigenvalue weighted by Gasteiger charge is 2.07. The van der Waals surface area contributed by atoms with E-state index in [1.807, 2.05) is 26.0 Å². The Labute approximate surface area is 93.2 Å². The number of nitrogens with zero attached hydrogens (tertiary/aromatic N) is 2. The van der Waals surface area contributed by atoms with Crippen molar-refractivity contribution in [3.63, 3.8) is 0 Å². The van der Waals surface area contributed by atoms with Gasteiger partial charge in [-0.3, -0.25) is 0 Å². The molecule has 2 aromatic rings. The number of aromatic nitrogens is 1. The second-order valence-corrected chi connectivity index (χ2v) is 3.68. The Hall–Kier alpha value is -2.10. The Morgan fingerprint density at radius 2 is 2.12 bits per heavy atom. The second kappa shape index (κ2) is 4.18. The number of aryl methyl sites for hydroxylation is 2. The lowest BCUT2D eigenvalue weighted by Gasteiger charge is -2.02. The first-order chi connectivity index (χ1) is 7.70. The summed E-state index contributed by atoms with van der Waals surface area (Å²) in [5.41, 5.74) is 4.07. The quantitative estimate of drug-likeness (QED) is 0.477. The maximum Gasteiger partial charge on any atom is 0.181 e. The van der Waals surface area contributed by atoms with E-state index < -0.39 is 0 Å². The summed E-state index contributed by atoms with van der Waals surface area (Å²) in [4.78, 5) is 0. The fourth-order valence-corrected chi connectivity index (χ4v) is 1.55. The Balaban J connectivity index is 2.45. The van der Waals surface area contributed by atoms with Gasteiger partial charge < -0.3 is 9.73 Å². The summed E-state index contributed by atoms with van der Waals surface area (Å²) in [5.74, 6) is 0.429. The van der Waals surface area contributed by atoms with Gasteiger partial charge in [-0.15, -0.1) is 0 Å². The fraction of sp³-hybridized carbons (Fsp3) is 0.167. The van der Waals surface area contributed by atoms with Crippen molar-refractivity contribution in [3.05, 3.63) is 41.2 Å². The van der Waals surface area contributed by atoms with Gasteiger partial charge in [-0.1, -0.05) is 28.0 Å². The molecule has 4 heteroatoms. The van der Waals surface area contributed by atoms with E-state index in [1.54, 1.807) is 6.07 Å². The van der Waals surface area contributed by atoms with Crippen LogP contribution in [0.3, 0.4) is 0 Å². The molecule has 1 aromatic carbocycles. The minimum Gasteiger partial charge on any atom is -0.411 e. The molecule has 82 valence electrons. The fourth-order valence-electron chi connectivity index (χ4n) is 1.55. The molecule has 0 bridgehead atoms. The van der Waals surface area contributed by atoms with Crippen LogP contribution in [0.1, 0.15) is 16.9 Å². The minimum atomic E-state index is 0.429. The van der Waals surface area contributed by atoms with E-state index in [1.165, 1.54) is 11.8 Å². The van der Waals surface area contributed by atoms with Crippen molar-refractivity contribution in [2.45, 2.75) is 13.8 Å². The monoisotopic (exact) mass is 216 g/mol. The molecule has 0 aliphatic rings. The maximum atomic E-state index is 8.38. The average molecular weight is 216 g/mol. The zero-order chi connectivity index (χ0) is 11.5. The molecule has 0 saturated carbocycles. The Morgan fingerprint density at radius 3 is 2.88 bits per heavy atom. The van der Waals surface area contributed by atoms with Crippen LogP contribution in [0.2, 0.25) is 0 Å². The molecule has 0 unspecified atom stereocenters. The van der Waals surface area contributed by atoms with Crippen LogP contribution in [0.5, 0.6) is 0 Å². The van der Waals surface area contributed by atoms with Gasteiger partial charge in [0, 0.05) is 11.6 Å². The van der Waals surface area contributed by atoms with Crippen LogP contribution in [0, 0.1) is 13.8 Å². The molecule has 4 nitrogen and oxygen atoms in total. The number of oxime groups is 1. The number of rotatable bonds is 2. The first-order valence-electron chi connectivity index (χ1n) is 4.92. The highest BCUT2D eigenvalue weighted by Crippen LogP contribution is 2.23. The topological polar surface area (TPSA) is 58.6 Å². The third-order valence-corrected chi connectivity index (χ3v) is 2.38. The van der Waals surface area contributed by atoms with Crippen LogP contribution in [-0.2, 0) is 0 Å². The van der Waals surface area contributed by atoms with Crippen molar-refractivity contribution >= 4 is 6.21 Å². The lowest BCUT2D eigenvalue weighted by atomic mass is 10.0. The molecule has 1 heterocycles. The van der Waals surface area contributed by atoms with Crippen LogP contribution >= 0.6 is 0 Å². The zero-order valence-electron chi connectivity index (χ0n) is 9.14. The maximum absolute atomic E-state index is 8.38. The van der Waals surface area contributed by atoms with Crippen LogP contribution in [-0.4, -0.2) is 16.6 Å². The number of benzene rings is 1. The molecule has 16 heavy (non-hydrogen) atoms. The SMILES string of the molecule is Cc1ccc(C)c(-c2cc(C=NO)on2)c1. The lowest BCUT2D eigenvalue weighted by molar-refractivity contribution is 0.319. The van der Waals surface area contributed by atoms with E-state index in [-0.39, 0.29) is 0 Å². The van der Waals surface area contributed by atoms with Crippen LogP contribution in [0.15, 0.2) is 33.9 Å². The Morgan fingerprint density at radius 1 is 1.31 bits per heavy atom. The number of hydrogen-bond donors (Lipinski definition) is 1. The standard InChI is InChI=1S/C12H12N2O2/c1-8-3-4-9(2)11(5-8)12-6-10(7-13-15)16-14-12/h3-7,15H,1-2H3. The van der Waals surface area contributed by atoms with Gasteiger partial charge in [0.1, 0.15) is 11.9 Å². The smallest absolute Gasteiger partial charge is 0.181 e. The Kier molecular flexibility index (Phi) is 2.72. The predicted octanol–water partition coefficient (Wildman–Crippen LogP) is 2.77. The van der Waals surface area contributed by atoms with Crippen LogP contribution in [0.4, 0.5) is 0 Å². The van der Waals surface area contributed by atoms with Crippen molar-refractivity contribution in [1.29, 1.82) is 0 Å². The molecule has 0 atom stereocenters. The van der Waals surface area contributed by atoms with E-state index in [9.17, 15) is 0 Å². The molecule has 0 radical (unpaired) electrons. The molecule has 0 amide bonds. The molecule has 0 aliphatic carbocycles. The Bertz CT molecular complexity index is 530. The van der Waals surface area contributed by atoms with Crippen molar-refractivity contribution in [2.24, 2.45) is 5.16 Å². The molecule has 1 aromatic heterocycles. The van der Waals surface area contributed by atoms with Crippen molar-refractivity contribution < 1.29 is 9.73 Å². The average Bonchev–Trinajstić information content (AvgIpc) is 2.71. The highest BCUT2D eigenvalue weighted by molar-refractivity contribution is 5.78. The molecule has 1 N–H and O–H groups in total. The first-order valence-corrected chi connectivity index (χ1v) is 4.92. The van der Waals surface area contributed by atoms with Gasteiger partial charge in [0.25, 0.3) is 0 Å². The largest absolute Gasteiger partial charge is 0.411 e. The van der Waals surface area contributed by atoms with Crippen LogP contribution < -0.4 is 0 Å². The number of hydrogen-bond acceptors (Lipinski definition) is 4. The van der Waals surface area contributed by atoms with Crippen LogP contribution in [0.25, 0.3) is 11.3 Å². The molecule has 0 fully saturated rings. The summed E-state index contributed by atoms with van der Waals surface area (Å²) in [6, 6.07) is 7.88. The van der Waals surface area contributed by atoms with E-state index >= 15 is 0 Å². The van der Waals surface area contributed by atoms with Gasteiger partial charge in [0.05, 0.1) is 0 Å². The molecule has 2 rings (SSSR count). The molecular weight excluding hydrogens is 204 g/mol. The van der Waals surface area contributed by atoms with Gasteiger partial charge in [0.2, 0.25) is 0 Å². The summed E-state index contributed by atoms with van der Waals surface area (Å²) in [6.07, 6.45) is 1.21. The van der Waals surface area contributed by atoms with E-state index in [0.717, 1.165) is 16.8 Å². The van der Waals surface area contributed by atoms with Gasteiger partial charge in [0.15, 0.2) is 5.76 Å². The van der Waals surface area contributed by atoms with E-state index in [2.05, 4.69) is 16.4 Å². The zero-order valence-corrected chi connectivity index (χ0v) is 9.14. The predicted molar refractivity (Wildman–Crippen MR) is 60.8 cm³/mol. The second-order valence-electron chi connectivity index (χ2n) is 3.68. The van der Waals surface area contributed by atoms with Gasteiger partial charge in [-0.25, -0.2) is 0 Å².